The fourth-order valence-corrected chi connectivity index (χ4v) is 3.60. The molecule has 0 bridgehead atoms. The van der Waals surface area contributed by atoms with Gasteiger partial charge in [0, 0.05) is 38.9 Å². The number of nitrogens with one attached hydrogen (secondary N) is 1. The number of aryl methyl sites for hydroxylation is 1. The summed E-state index contributed by atoms with van der Waals surface area (Å²) in [4.78, 5) is 33.1. The molecule has 1 fully saturated rings. The fourth-order valence-electron chi connectivity index (χ4n) is 3.60. The van der Waals surface area contributed by atoms with Crippen LogP contribution in [0.5, 0.6) is 0 Å². The molecule has 1 aromatic heterocycles. The molecule has 0 unspecified atom stereocenters. The Morgan fingerprint density at radius 3 is 2.47 bits per heavy atom. The molecular formula is C22H32N6O2. The van der Waals surface area contributed by atoms with E-state index in [1.807, 2.05) is 36.1 Å². The van der Waals surface area contributed by atoms with E-state index in [-0.39, 0.29) is 11.6 Å². The number of aromatic nitrogens is 2. The van der Waals surface area contributed by atoms with Gasteiger partial charge in [-0.25, -0.2) is 4.79 Å². The Balaban J connectivity index is 1.71. The third-order valence-corrected chi connectivity index (χ3v) is 5.40. The van der Waals surface area contributed by atoms with Crippen LogP contribution in [0.3, 0.4) is 0 Å². The lowest BCUT2D eigenvalue weighted by Gasteiger charge is -2.37. The highest BCUT2D eigenvalue weighted by Crippen LogP contribution is 2.17. The van der Waals surface area contributed by atoms with Crippen molar-refractivity contribution in [3.63, 3.8) is 0 Å². The van der Waals surface area contributed by atoms with Gasteiger partial charge in [0.25, 0.3) is 0 Å². The minimum atomic E-state index is -0.874. The highest BCUT2D eigenvalue weighted by molar-refractivity contribution is 5.85. The molecule has 8 heteroatoms. The first-order chi connectivity index (χ1) is 14.2. The zero-order chi connectivity index (χ0) is 21.9. The first-order valence-electron chi connectivity index (χ1n) is 10.4. The van der Waals surface area contributed by atoms with Crippen LogP contribution in [0.25, 0.3) is 5.69 Å². The monoisotopic (exact) mass is 412 g/mol. The third-order valence-electron chi connectivity index (χ3n) is 5.40. The maximum Gasteiger partial charge on any atom is 0.354 e. The minimum absolute atomic E-state index is 0.0570. The van der Waals surface area contributed by atoms with Gasteiger partial charge in [-0.15, -0.1) is 0 Å². The van der Waals surface area contributed by atoms with Gasteiger partial charge in [-0.05, 0) is 56.6 Å². The molecule has 1 aromatic carbocycles. The summed E-state index contributed by atoms with van der Waals surface area (Å²) in [7, 11) is 0. The van der Waals surface area contributed by atoms with Crippen molar-refractivity contribution < 1.29 is 4.79 Å². The van der Waals surface area contributed by atoms with E-state index in [0.717, 1.165) is 24.3 Å². The van der Waals surface area contributed by atoms with E-state index in [1.165, 1.54) is 5.56 Å². The summed E-state index contributed by atoms with van der Waals surface area (Å²) in [5.41, 5.74) is 7.89. The molecule has 0 atom stereocenters. The molecular weight excluding hydrogens is 380 g/mol. The topological polar surface area (TPSA) is 96.5 Å². The van der Waals surface area contributed by atoms with Crippen molar-refractivity contribution in [3.05, 3.63) is 52.1 Å². The highest BCUT2D eigenvalue weighted by Gasteiger charge is 2.30. The van der Waals surface area contributed by atoms with Gasteiger partial charge in [0.05, 0.1) is 11.2 Å². The van der Waals surface area contributed by atoms with Crippen LogP contribution in [-0.2, 0) is 11.3 Å². The van der Waals surface area contributed by atoms with Crippen LogP contribution in [-0.4, -0.2) is 58.6 Å². The van der Waals surface area contributed by atoms with Crippen LogP contribution >= 0.6 is 0 Å². The van der Waals surface area contributed by atoms with E-state index in [9.17, 15) is 9.59 Å². The van der Waals surface area contributed by atoms with Gasteiger partial charge in [-0.3, -0.25) is 9.36 Å². The standard InChI is InChI=1S/C22H32N6O2/c1-5-24-15-17-6-7-18(14-16(17)2)28-9-8-19(25-21(28)30)26-10-12-27(13-11-26)20(29)22(3,4)23/h6-9,14,24H,5,10-13,15,23H2,1-4H3. The Morgan fingerprint density at radius 2 is 1.90 bits per heavy atom. The maximum absolute atomic E-state index is 12.7. The summed E-state index contributed by atoms with van der Waals surface area (Å²) >= 11 is 0. The molecule has 0 spiro atoms. The van der Waals surface area contributed by atoms with Gasteiger partial charge < -0.3 is 20.9 Å². The molecule has 0 aliphatic carbocycles. The number of rotatable bonds is 6. The Morgan fingerprint density at radius 1 is 1.20 bits per heavy atom. The molecule has 1 aliphatic rings. The summed E-state index contributed by atoms with van der Waals surface area (Å²) < 4.78 is 1.56. The van der Waals surface area contributed by atoms with E-state index in [1.54, 1.807) is 29.5 Å². The maximum atomic E-state index is 12.7. The van der Waals surface area contributed by atoms with Crippen molar-refractivity contribution in [1.29, 1.82) is 0 Å². The number of benzene rings is 1. The van der Waals surface area contributed by atoms with Crippen molar-refractivity contribution in [2.45, 2.75) is 39.8 Å². The molecule has 1 saturated heterocycles. The van der Waals surface area contributed by atoms with E-state index in [4.69, 9.17) is 5.73 Å². The summed E-state index contributed by atoms with van der Waals surface area (Å²) in [5.74, 6) is 0.578. The van der Waals surface area contributed by atoms with Crippen LogP contribution in [0, 0.1) is 6.92 Å². The Hall–Kier alpha value is -2.71. The molecule has 30 heavy (non-hydrogen) atoms. The van der Waals surface area contributed by atoms with E-state index in [0.29, 0.717) is 32.0 Å². The van der Waals surface area contributed by atoms with Crippen molar-refractivity contribution in [1.82, 2.24) is 19.8 Å². The molecule has 2 aromatic rings. The van der Waals surface area contributed by atoms with Gasteiger partial charge in [0.2, 0.25) is 5.91 Å². The molecule has 2 heterocycles. The zero-order valence-corrected chi connectivity index (χ0v) is 18.3. The van der Waals surface area contributed by atoms with Crippen molar-refractivity contribution >= 4 is 11.7 Å². The van der Waals surface area contributed by atoms with Crippen LogP contribution in [0.4, 0.5) is 5.82 Å². The van der Waals surface area contributed by atoms with E-state index >= 15 is 0 Å². The molecule has 3 rings (SSSR count). The molecule has 0 saturated carbocycles. The number of nitrogens with two attached hydrogens (primary N) is 1. The van der Waals surface area contributed by atoms with Crippen molar-refractivity contribution in [2.75, 3.05) is 37.6 Å². The molecule has 1 aliphatic heterocycles. The van der Waals surface area contributed by atoms with E-state index < -0.39 is 5.54 Å². The number of amides is 1. The van der Waals surface area contributed by atoms with Gasteiger partial charge in [0.15, 0.2) is 0 Å². The Kier molecular flexibility index (Phi) is 6.58. The second-order valence-corrected chi connectivity index (χ2v) is 8.33. The quantitative estimate of drug-likeness (QED) is 0.736. The summed E-state index contributed by atoms with van der Waals surface area (Å²) in [6.07, 6.45) is 1.77. The van der Waals surface area contributed by atoms with Gasteiger partial charge in [-0.1, -0.05) is 13.0 Å². The smallest absolute Gasteiger partial charge is 0.353 e. The summed E-state index contributed by atoms with van der Waals surface area (Å²) in [5, 5.41) is 3.32. The number of hydrogen-bond acceptors (Lipinski definition) is 6. The number of hydrogen-bond donors (Lipinski definition) is 2. The minimum Gasteiger partial charge on any atom is -0.353 e. The fraction of sp³-hybridized carbons (Fsp3) is 0.500. The first-order valence-corrected chi connectivity index (χ1v) is 10.4. The second-order valence-electron chi connectivity index (χ2n) is 8.33. The predicted molar refractivity (Wildman–Crippen MR) is 119 cm³/mol. The molecule has 3 N–H and O–H groups in total. The van der Waals surface area contributed by atoms with E-state index in [2.05, 4.69) is 17.2 Å². The number of nitrogens with zero attached hydrogens (tertiary/aromatic N) is 4. The number of piperazine rings is 1. The van der Waals surface area contributed by atoms with Crippen molar-refractivity contribution in [3.8, 4) is 5.69 Å². The number of anilines is 1. The molecule has 1 amide bonds. The zero-order valence-electron chi connectivity index (χ0n) is 18.3. The third kappa shape index (κ3) is 4.88. The summed E-state index contributed by atoms with van der Waals surface area (Å²) in [6.45, 7) is 11.7. The average Bonchev–Trinajstić information content (AvgIpc) is 2.71. The molecule has 0 radical (unpaired) electrons. The lowest BCUT2D eigenvalue weighted by molar-refractivity contribution is -0.136. The predicted octanol–water partition coefficient (Wildman–Crippen LogP) is 1.04. The highest BCUT2D eigenvalue weighted by atomic mass is 16.2. The Bertz CT molecular complexity index is 955. The Labute approximate surface area is 177 Å². The lowest BCUT2D eigenvalue weighted by atomic mass is 10.0. The molecule has 8 nitrogen and oxygen atoms in total. The lowest BCUT2D eigenvalue weighted by Crippen LogP contribution is -2.57. The number of carbonyl (C=O) groups excluding carboxylic acids is 1. The molecule has 162 valence electrons. The van der Waals surface area contributed by atoms with Crippen LogP contribution in [0.1, 0.15) is 31.9 Å². The second kappa shape index (κ2) is 8.97. The first kappa shape index (κ1) is 22.0. The normalized spacial score (nSPS) is 14.8. The summed E-state index contributed by atoms with van der Waals surface area (Å²) in [6, 6.07) is 7.85. The SMILES string of the molecule is CCNCc1ccc(-n2ccc(N3CCN(C(=O)C(C)(C)N)CC3)nc2=O)cc1C. The largest absolute Gasteiger partial charge is 0.354 e. The van der Waals surface area contributed by atoms with Crippen LogP contribution in [0.2, 0.25) is 0 Å². The number of carbonyl (C=O) groups is 1. The van der Waals surface area contributed by atoms with Gasteiger partial charge in [0.1, 0.15) is 5.82 Å². The van der Waals surface area contributed by atoms with Gasteiger partial charge in [-0.2, -0.15) is 4.98 Å². The van der Waals surface area contributed by atoms with Crippen LogP contribution < -0.4 is 21.6 Å². The van der Waals surface area contributed by atoms with Crippen LogP contribution in [0.15, 0.2) is 35.3 Å². The average molecular weight is 413 g/mol. The van der Waals surface area contributed by atoms with Crippen molar-refractivity contribution in [2.24, 2.45) is 5.73 Å². The van der Waals surface area contributed by atoms with Gasteiger partial charge >= 0.3 is 5.69 Å².